The van der Waals surface area contributed by atoms with Crippen molar-refractivity contribution in [3.05, 3.63) is 44.8 Å². The van der Waals surface area contributed by atoms with Gasteiger partial charge in [0.15, 0.2) is 5.11 Å². The van der Waals surface area contributed by atoms with Crippen LogP contribution in [0.2, 0.25) is 5.02 Å². The van der Waals surface area contributed by atoms with Gasteiger partial charge in [-0.2, -0.15) is 0 Å². The molecule has 0 unspecified atom stereocenters. The number of esters is 1. The molecule has 1 amide bonds. The zero-order valence-corrected chi connectivity index (χ0v) is 17.8. The Hall–Kier alpha value is -2.16. The number of rotatable bonds is 5. The standard InChI is InChI=1S/C19H19ClN2O4S2/c1-3-26-18(24)15-11-5-4-6-14(11)28-17(15)22-19(27)21-16(23)12-9-10(20)7-8-13(12)25-2/h7-9H,3-6H2,1-2H3,(H2,21,22,23,27). The first-order chi connectivity index (χ1) is 13.4. The van der Waals surface area contributed by atoms with Crippen LogP contribution in [0.3, 0.4) is 0 Å². The van der Waals surface area contributed by atoms with E-state index in [9.17, 15) is 9.59 Å². The number of thiophene rings is 1. The Balaban J connectivity index is 1.78. The predicted molar refractivity (Wildman–Crippen MR) is 114 cm³/mol. The van der Waals surface area contributed by atoms with Crippen molar-refractivity contribution in [1.82, 2.24) is 5.32 Å². The first-order valence-electron chi connectivity index (χ1n) is 8.72. The summed E-state index contributed by atoms with van der Waals surface area (Å²) < 4.78 is 10.4. The minimum Gasteiger partial charge on any atom is -0.496 e. The number of carbonyl (C=O) groups excluding carboxylic acids is 2. The summed E-state index contributed by atoms with van der Waals surface area (Å²) in [4.78, 5) is 26.1. The fourth-order valence-electron chi connectivity index (χ4n) is 3.07. The summed E-state index contributed by atoms with van der Waals surface area (Å²) in [7, 11) is 1.47. The molecule has 0 saturated carbocycles. The highest BCUT2D eigenvalue weighted by atomic mass is 35.5. The molecule has 1 aromatic heterocycles. The van der Waals surface area contributed by atoms with Gasteiger partial charge in [0.25, 0.3) is 5.91 Å². The molecule has 2 aromatic rings. The lowest BCUT2D eigenvalue weighted by Crippen LogP contribution is -2.34. The topological polar surface area (TPSA) is 76.7 Å². The molecule has 0 radical (unpaired) electrons. The van der Waals surface area contributed by atoms with Gasteiger partial charge in [-0.05, 0) is 62.2 Å². The summed E-state index contributed by atoms with van der Waals surface area (Å²) in [5.74, 6) is -0.458. The Kier molecular flexibility index (Phi) is 6.53. The van der Waals surface area contributed by atoms with Gasteiger partial charge in [0, 0.05) is 9.90 Å². The maximum atomic E-state index is 12.6. The number of aryl methyl sites for hydroxylation is 1. The summed E-state index contributed by atoms with van der Waals surface area (Å²) >= 11 is 12.7. The van der Waals surface area contributed by atoms with Gasteiger partial charge in [0.05, 0.1) is 24.8 Å². The van der Waals surface area contributed by atoms with E-state index in [0.29, 0.717) is 27.9 Å². The molecule has 9 heteroatoms. The van der Waals surface area contributed by atoms with E-state index in [1.165, 1.54) is 24.5 Å². The molecule has 2 N–H and O–H groups in total. The molecule has 0 aliphatic heterocycles. The number of carbonyl (C=O) groups is 2. The molecule has 1 aliphatic carbocycles. The van der Waals surface area contributed by atoms with Crippen LogP contribution in [0.25, 0.3) is 0 Å². The largest absolute Gasteiger partial charge is 0.496 e. The monoisotopic (exact) mass is 438 g/mol. The number of amides is 1. The number of thiocarbonyl (C=S) groups is 1. The maximum Gasteiger partial charge on any atom is 0.341 e. The van der Waals surface area contributed by atoms with E-state index in [1.54, 1.807) is 19.1 Å². The molecule has 28 heavy (non-hydrogen) atoms. The van der Waals surface area contributed by atoms with Crippen LogP contribution in [0, 0.1) is 0 Å². The van der Waals surface area contributed by atoms with E-state index in [0.717, 1.165) is 29.7 Å². The quantitative estimate of drug-likeness (QED) is 0.538. The average molecular weight is 439 g/mol. The second-order valence-electron chi connectivity index (χ2n) is 6.03. The number of anilines is 1. The lowest BCUT2D eigenvalue weighted by atomic mass is 10.1. The summed E-state index contributed by atoms with van der Waals surface area (Å²) in [6.45, 7) is 2.06. The molecular weight excluding hydrogens is 420 g/mol. The van der Waals surface area contributed by atoms with E-state index < -0.39 is 5.91 Å². The number of ether oxygens (including phenoxy) is 2. The highest BCUT2D eigenvalue weighted by molar-refractivity contribution is 7.80. The van der Waals surface area contributed by atoms with E-state index in [-0.39, 0.29) is 16.6 Å². The van der Waals surface area contributed by atoms with Crippen molar-refractivity contribution in [2.45, 2.75) is 26.2 Å². The minimum atomic E-state index is -0.460. The fourth-order valence-corrected chi connectivity index (χ4v) is 4.79. The van der Waals surface area contributed by atoms with Gasteiger partial charge < -0.3 is 14.8 Å². The van der Waals surface area contributed by atoms with Crippen LogP contribution in [0.1, 0.15) is 44.5 Å². The zero-order valence-electron chi connectivity index (χ0n) is 15.4. The van der Waals surface area contributed by atoms with Crippen molar-refractivity contribution in [3.8, 4) is 5.75 Å². The third-order valence-electron chi connectivity index (χ3n) is 4.26. The maximum absolute atomic E-state index is 12.6. The fraction of sp³-hybridized carbons (Fsp3) is 0.316. The number of benzene rings is 1. The molecule has 0 fully saturated rings. The molecule has 1 heterocycles. The smallest absolute Gasteiger partial charge is 0.341 e. The molecule has 6 nitrogen and oxygen atoms in total. The average Bonchev–Trinajstić information content (AvgIpc) is 3.22. The molecule has 1 aromatic carbocycles. The van der Waals surface area contributed by atoms with Crippen LogP contribution in [0.15, 0.2) is 18.2 Å². The van der Waals surface area contributed by atoms with E-state index >= 15 is 0 Å². The summed E-state index contributed by atoms with van der Waals surface area (Å²) in [6.07, 6.45) is 2.77. The SMILES string of the molecule is CCOC(=O)c1c(NC(=S)NC(=O)c2cc(Cl)ccc2OC)sc2c1CCC2. The highest BCUT2D eigenvalue weighted by Crippen LogP contribution is 2.39. The second kappa shape index (κ2) is 8.89. The van der Waals surface area contributed by atoms with Crippen molar-refractivity contribution < 1.29 is 19.1 Å². The van der Waals surface area contributed by atoms with Crippen LogP contribution in [0.4, 0.5) is 5.00 Å². The van der Waals surface area contributed by atoms with Crippen LogP contribution in [0.5, 0.6) is 5.75 Å². The minimum absolute atomic E-state index is 0.0810. The third kappa shape index (κ3) is 4.29. The molecule has 0 bridgehead atoms. The number of nitrogens with one attached hydrogen (secondary N) is 2. The molecule has 1 aliphatic rings. The Morgan fingerprint density at radius 2 is 2.11 bits per heavy atom. The first kappa shape index (κ1) is 20.6. The molecule has 3 rings (SSSR count). The van der Waals surface area contributed by atoms with Gasteiger partial charge in [-0.1, -0.05) is 11.6 Å². The third-order valence-corrected chi connectivity index (χ3v) is 5.91. The number of hydrogen-bond donors (Lipinski definition) is 2. The molecular formula is C19H19ClN2O4S2. The molecule has 0 saturated heterocycles. The highest BCUT2D eigenvalue weighted by Gasteiger charge is 2.28. The van der Waals surface area contributed by atoms with Crippen molar-refractivity contribution in [2.75, 3.05) is 19.0 Å². The van der Waals surface area contributed by atoms with Crippen LogP contribution in [-0.4, -0.2) is 30.7 Å². The predicted octanol–water partition coefficient (Wildman–Crippen LogP) is 4.20. The second-order valence-corrected chi connectivity index (χ2v) is 7.98. The van der Waals surface area contributed by atoms with E-state index in [1.807, 2.05) is 0 Å². The normalized spacial score (nSPS) is 12.2. The summed E-state index contributed by atoms with van der Waals surface area (Å²) in [5.41, 5.74) is 1.78. The van der Waals surface area contributed by atoms with Gasteiger partial charge in [-0.15, -0.1) is 11.3 Å². The van der Waals surface area contributed by atoms with Gasteiger partial charge in [0.2, 0.25) is 0 Å². The van der Waals surface area contributed by atoms with E-state index in [4.69, 9.17) is 33.3 Å². The van der Waals surface area contributed by atoms with Gasteiger partial charge in [-0.3, -0.25) is 10.1 Å². The van der Waals surface area contributed by atoms with Gasteiger partial charge >= 0.3 is 5.97 Å². The van der Waals surface area contributed by atoms with Crippen LogP contribution < -0.4 is 15.4 Å². The number of hydrogen-bond acceptors (Lipinski definition) is 6. The molecule has 0 spiro atoms. The molecule has 148 valence electrons. The Morgan fingerprint density at radius 3 is 2.82 bits per heavy atom. The van der Waals surface area contributed by atoms with Crippen LogP contribution in [-0.2, 0) is 17.6 Å². The Labute approximate surface area is 177 Å². The van der Waals surface area contributed by atoms with Crippen molar-refractivity contribution in [1.29, 1.82) is 0 Å². The van der Waals surface area contributed by atoms with Crippen LogP contribution >= 0.6 is 35.2 Å². The zero-order chi connectivity index (χ0) is 20.3. The Morgan fingerprint density at radius 1 is 1.32 bits per heavy atom. The van der Waals surface area contributed by atoms with Crippen molar-refractivity contribution in [3.63, 3.8) is 0 Å². The number of fused-ring (bicyclic) bond motifs is 1. The number of methoxy groups -OCH3 is 1. The van der Waals surface area contributed by atoms with Crippen molar-refractivity contribution >= 4 is 57.1 Å². The lowest BCUT2D eigenvalue weighted by Gasteiger charge is -2.12. The lowest BCUT2D eigenvalue weighted by molar-refractivity contribution is 0.0527. The van der Waals surface area contributed by atoms with E-state index in [2.05, 4.69) is 10.6 Å². The summed E-state index contributed by atoms with van der Waals surface area (Å²) in [6, 6.07) is 4.74. The Bertz CT molecular complexity index is 942. The van der Waals surface area contributed by atoms with Gasteiger partial charge in [-0.25, -0.2) is 4.79 Å². The molecule has 0 atom stereocenters. The summed E-state index contributed by atoms with van der Waals surface area (Å²) in [5, 5.41) is 6.66. The van der Waals surface area contributed by atoms with Crippen molar-refractivity contribution in [2.24, 2.45) is 0 Å². The van der Waals surface area contributed by atoms with Gasteiger partial charge in [0.1, 0.15) is 10.8 Å². The number of halogens is 1. The first-order valence-corrected chi connectivity index (χ1v) is 10.3.